The monoisotopic (exact) mass is 204 g/mol. The third kappa shape index (κ3) is 9.96. The van der Waals surface area contributed by atoms with Crippen LogP contribution in [0.5, 0.6) is 0 Å². The van der Waals surface area contributed by atoms with Crippen LogP contribution in [0.2, 0.25) is 0 Å². The van der Waals surface area contributed by atoms with Gasteiger partial charge in [0, 0.05) is 6.61 Å². The summed E-state index contributed by atoms with van der Waals surface area (Å²) in [5, 5.41) is 27.0. The van der Waals surface area contributed by atoms with Gasteiger partial charge in [0.05, 0.1) is 12.2 Å². The molecule has 3 nitrogen and oxygen atoms in total. The Morgan fingerprint density at radius 3 is 2.07 bits per heavy atom. The van der Waals surface area contributed by atoms with Crippen LogP contribution in [0.3, 0.4) is 0 Å². The SMILES string of the molecule is CC(O)CCC(O)CCCCCCO. The molecule has 0 bridgehead atoms. The zero-order valence-corrected chi connectivity index (χ0v) is 9.15. The van der Waals surface area contributed by atoms with Crippen molar-refractivity contribution in [3.05, 3.63) is 0 Å². The van der Waals surface area contributed by atoms with Gasteiger partial charge in [0.25, 0.3) is 0 Å². The Labute approximate surface area is 86.8 Å². The first-order chi connectivity index (χ1) is 6.66. The topological polar surface area (TPSA) is 60.7 Å². The van der Waals surface area contributed by atoms with Crippen LogP contribution in [0.4, 0.5) is 0 Å². The standard InChI is InChI=1S/C11H24O3/c1-10(13)7-8-11(14)6-4-2-3-5-9-12/h10-14H,2-9H2,1H3. The van der Waals surface area contributed by atoms with Crippen molar-refractivity contribution >= 4 is 0 Å². The molecule has 3 N–H and O–H groups in total. The molecule has 0 radical (unpaired) electrons. The number of aliphatic hydroxyl groups excluding tert-OH is 3. The van der Waals surface area contributed by atoms with E-state index in [9.17, 15) is 5.11 Å². The summed E-state index contributed by atoms with van der Waals surface area (Å²) in [6.45, 7) is 2.01. The molecule has 0 aliphatic carbocycles. The molecule has 3 heteroatoms. The molecule has 0 saturated carbocycles. The van der Waals surface area contributed by atoms with Crippen molar-refractivity contribution in [3.63, 3.8) is 0 Å². The van der Waals surface area contributed by atoms with E-state index in [-0.39, 0.29) is 18.8 Å². The molecule has 0 heterocycles. The first kappa shape index (κ1) is 13.9. The molecule has 2 atom stereocenters. The minimum atomic E-state index is -0.306. The largest absolute Gasteiger partial charge is 0.396 e. The van der Waals surface area contributed by atoms with Crippen molar-refractivity contribution in [2.45, 2.75) is 64.1 Å². The minimum absolute atomic E-state index is 0.265. The summed E-state index contributed by atoms with van der Waals surface area (Å²) in [4.78, 5) is 0. The predicted octanol–water partition coefficient (Wildman–Crippen LogP) is 1.45. The number of hydrogen-bond donors (Lipinski definition) is 3. The van der Waals surface area contributed by atoms with Gasteiger partial charge in [0.2, 0.25) is 0 Å². The van der Waals surface area contributed by atoms with Gasteiger partial charge in [-0.1, -0.05) is 19.3 Å². The number of aliphatic hydroxyl groups is 3. The lowest BCUT2D eigenvalue weighted by Gasteiger charge is -2.11. The Kier molecular flexibility index (Phi) is 9.35. The number of unbranched alkanes of at least 4 members (excludes halogenated alkanes) is 3. The smallest absolute Gasteiger partial charge is 0.0541 e. The Morgan fingerprint density at radius 1 is 0.857 bits per heavy atom. The van der Waals surface area contributed by atoms with Crippen molar-refractivity contribution < 1.29 is 15.3 Å². The highest BCUT2D eigenvalue weighted by atomic mass is 16.3. The van der Waals surface area contributed by atoms with Crippen molar-refractivity contribution in [2.24, 2.45) is 0 Å². The predicted molar refractivity (Wildman–Crippen MR) is 57.1 cm³/mol. The zero-order chi connectivity index (χ0) is 10.8. The molecule has 0 aliphatic heterocycles. The zero-order valence-electron chi connectivity index (χ0n) is 9.15. The van der Waals surface area contributed by atoms with Gasteiger partial charge in [0.1, 0.15) is 0 Å². The molecule has 0 spiro atoms. The summed E-state index contributed by atoms with van der Waals surface area (Å²) in [5.41, 5.74) is 0. The number of rotatable bonds is 9. The fourth-order valence-electron chi connectivity index (χ4n) is 1.42. The molecular weight excluding hydrogens is 180 g/mol. The lowest BCUT2D eigenvalue weighted by molar-refractivity contribution is 0.114. The van der Waals surface area contributed by atoms with E-state index in [1.165, 1.54) is 0 Å². The summed E-state index contributed by atoms with van der Waals surface area (Å²) in [6, 6.07) is 0. The maximum absolute atomic E-state index is 9.49. The molecule has 0 aromatic heterocycles. The van der Waals surface area contributed by atoms with Gasteiger partial charge in [-0.15, -0.1) is 0 Å². The van der Waals surface area contributed by atoms with Crippen molar-refractivity contribution in [1.29, 1.82) is 0 Å². The molecule has 0 aromatic carbocycles. The molecule has 0 aromatic rings. The molecular formula is C11H24O3. The lowest BCUT2D eigenvalue weighted by Crippen LogP contribution is -2.10. The third-order valence-electron chi connectivity index (χ3n) is 2.36. The van der Waals surface area contributed by atoms with E-state index in [1.54, 1.807) is 6.92 Å². The second-order valence-corrected chi connectivity index (χ2v) is 4.01. The van der Waals surface area contributed by atoms with Crippen LogP contribution in [0, 0.1) is 0 Å². The molecule has 0 aliphatic rings. The summed E-state index contributed by atoms with van der Waals surface area (Å²) < 4.78 is 0. The van der Waals surface area contributed by atoms with E-state index >= 15 is 0 Å². The van der Waals surface area contributed by atoms with Crippen LogP contribution in [0.15, 0.2) is 0 Å². The maximum Gasteiger partial charge on any atom is 0.0541 e. The van der Waals surface area contributed by atoms with Crippen LogP contribution in [0.1, 0.15) is 51.9 Å². The molecule has 0 fully saturated rings. The molecule has 0 saturated heterocycles. The first-order valence-corrected chi connectivity index (χ1v) is 5.63. The Bertz CT molecular complexity index is 115. The van der Waals surface area contributed by atoms with E-state index < -0.39 is 0 Å². The fraction of sp³-hybridized carbons (Fsp3) is 1.00. The van der Waals surface area contributed by atoms with Crippen LogP contribution < -0.4 is 0 Å². The highest BCUT2D eigenvalue weighted by molar-refractivity contribution is 4.58. The van der Waals surface area contributed by atoms with E-state index in [4.69, 9.17) is 10.2 Å². The summed E-state index contributed by atoms with van der Waals surface area (Å²) in [6.07, 6.45) is 5.61. The van der Waals surface area contributed by atoms with Gasteiger partial charge in [-0.2, -0.15) is 0 Å². The Balaban J connectivity index is 3.14. The van der Waals surface area contributed by atoms with Crippen LogP contribution >= 0.6 is 0 Å². The average molecular weight is 204 g/mol. The Hall–Kier alpha value is -0.120. The van der Waals surface area contributed by atoms with E-state index in [1.807, 2.05) is 0 Å². The van der Waals surface area contributed by atoms with Crippen molar-refractivity contribution in [2.75, 3.05) is 6.61 Å². The second kappa shape index (κ2) is 9.44. The Morgan fingerprint density at radius 2 is 1.50 bits per heavy atom. The quantitative estimate of drug-likeness (QED) is 0.498. The van der Waals surface area contributed by atoms with Crippen LogP contribution in [0.25, 0.3) is 0 Å². The van der Waals surface area contributed by atoms with Gasteiger partial charge >= 0.3 is 0 Å². The van der Waals surface area contributed by atoms with E-state index in [0.29, 0.717) is 12.8 Å². The van der Waals surface area contributed by atoms with Gasteiger partial charge in [-0.25, -0.2) is 0 Å². The maximum atomic E-state index is 9.49. The molecule has 14 heavy (non-hydrogen) atoms. The van der Waals surface area contributed by atoms with Gasteiger partial charge in [0.15, 0.2) is 0 Å². The van der Waals surface area contributed by atoms with E-state index in [2.05, 4.69) is 0 Å². The molecule has 2 unspecified atom stereocenters. The third-order valence-corrected chi connectivity index (χ3v) is 2.36. The van der Waals surface area contributed by atoms with Gasteiger partial charge < -0.3 is 15.3 Å². The average Bonchev–Trinajstić information content (AvgIpc) is 2.14. The lowest BCUT2D eigenvalue weighted by atomic mass is 10.0. The van der Waals surface area contributed by atoms with Gasteiger partial charge in [-0.3, -0.25) is 0 Å². The van der Waals surface area contributed by atoms with E-state index in [0.717, 1.165) is 32.1 Å². The van der Waals surface area contributed by atoms with Crippen LogP contribution in [-0.2, 0) is 0 Å². The number of hydrogen-bond acceptors (Lipinski definition) is 3. The van der Waals surface area contributed by atoms with Crippen molar-refractivity contribution in [1.82, 2.24) is 0 Å². The summed E-state index contributed by atoms with van der Waals surface area (Å²) in [5.74, 6) is 0. The highest BCUT2D eigenvalue weighted by Crippen LogP contribution is 2.10. The minimum Gasteiger partial charge on any atom is -0.396 e. The fourth-order valence-corrected chi connectivity index (χ4v) is 1.42. The molecule has 0 amide bonds. The molecule has 0 rings (SSSR count). The van der Waals surface area contributed by atoms with Crippen molar-refractivity contribution in [3.8, 4) is 0 Å². The second-order valence-electron chi connectivity index (χ2n) is 4.01. The summed E-state index contributed by atoms with van der Waals surface area (Å²) in [7, 11) is 0. The summed E-state index contributed by atoms with van der Waals surface area (Å²) >= 11 is 0. The van der Waals surface area contributed by atoms with Gasteiger partial charge in [-0.05, 0) is 32.6 Å². The molecule has 86 valence electrons. The highest BCUT2D eigenvalue weighted by Gasteiger charge is 2.05. The normalized spacial score (nSPS) is 15.4. The van der Waals surface area contributed by atoms with Crippen LogP contribution in [-0.4, -0.2) is 34.1 Å². The first-order valence-electron chi connectivity index (χ1n) is 5.63.